The van der Waals surface area contributed by atoms with Crippen molar-refractivity contribution >= 4 is 11.0 Å². The van der Waals surface area contributed by atoms with E-state index in [1.54, 1.807) is 6.33 Å². The SMILES string of the molecule is [Ir].[c-]1cc2ncn(-c3ccccc3)c2cc1-c1ncnn1-c1c(-c2ccccc2)cccc1-c1ccccc1. The van der Waals surface area contributed by atoms with E-state index in [1.807, 2.05) is 47.4 Å². The summed E-state index contributed by atoms with van der Waals surface area (Å²) in [5.41, 5.74) is 9.11. The fourth-order valence-electron chi connectivity index (χ4n) is 4.94. The van der Waals surface area contributed by atoms with Crippen LogP contribution in [0.25, 0.3) is 56.0 Å². The fraction of sp³-hybridized carbons (Fsp3) is 0. The van der Waals surface area contributed by atoms with Gasteiger partial charge < -0.3 is 4.57 Å². The molecule has 7 aromatic rings. The van der Waals surface area contributed by atoms with Gasteiger partial charge in [0.15, 0.2) is 0 Å². The first-order valence-electron chi connectivity index (χ1n) is 12.5. The van der Waals surface area contributed by atoms with Gasteiger partial charge in [-0.1, -0.05) is 97.1 Å². The van der Waals surface area contributed by atoms with Crippen molar-refractivity contribution in [2.24, 2.45) is 0 Å². The summed E-state index contributed by atoms with van der Waals surface area (Å²) in [6.07, 6.45) is 3.46. The molecule has 0 bridgehead atoms. The third kappa shape index (κ3) is 4.50. The first kappa shape index (κ1) is 24.7. The second-order valence-corrected chi connectivity index (χ2v) is 9.00. The van der Waals surface area contributed by atoms with Crippen LogP contribution in [0.4, 0.5) is 0 Å². The van der Waals surface area contributed by atoms with Crippen LogP contribution < -0.4 is 0 Å². The molecule has 0 fully saturated rings. The molecule has 189 valence electrons. The van der Waals surface area contributed by atoms with Gasteiger partial charge in [-0.25, -0.2) is 0 Å². The van der Waals surface area contributed by atoms with Crippen LogP contribution in [0.5, 0.6) is 0 Å². The van der Waals surface area contributed by atoms with Crippen molar-refractivity contribution in [3.8, 4) is 45.0 Å². The van der Waals surface area contributed by atoms with E-state index in [0.717, 1.165) is 50.2 Å². The number of para-hydroxylation sites is 2. The molecule has 0 aliphatic heterocycles. The van der Waals surface area contributed by atoms with Crippen LogP contribution >= 0.6 is 0 Å². The standard InChI is InChI=1S/C33H22N5.Ir/c1-4-11-24(12-5-1)28-17-10-18-29(25-13-6-2-7-14-25)32(28)38-33(34-22-36-38)26-19-20-30-31(21-26)37(23-35-30)27-15-8-3-9-16-27;/h1-18,20-23H;/q-1;. The topological polar surface area (TPSA) is 48.5 Å². The Morgan fingerprint density at radius 2 is 1.26 bits per heavy atom. The fourth-order valence-corrected chi connectivity index (χ4v) is 4.94. The zero-order valence-corrected chi connectivity index (χ0v) is 23.2. The summed E-state index contributed by atoms with van der Waals surface area (Å²) in [6.45, 7) is 0. The van der Waals surface area contributed by atoms with E-state index in [4.69, 9.17) is 10.1 Å². The summed E-state index contributed by atoms with van der Waals surface area (Å²) >= 11 is 0. The van der Waals surface area contributed by atoms with Gasteiger partial charge in [0, 0.05) is 42.4 Å². The molecule has 0 saturated carbocycles. The van der Waals surface area contributed by atoms with E-state index in [1.165, 1.54) is 0 Å². The average molecular weight is 681 g/mol. The minimum atomic E-state index is 0. The van der Waals surface area contributed by atoms with E-state index in [2.05, 4.69) is 101 Å². The van der Waals surface area contributed by atoms with Crippen molar-refractivity contribution in [1.29, 1.82) is 0 Å². The predicted octanol–water partition coefficient (Wildman–Crippen LogP) is 7.40. The molecule has 0 aliphatic rings. The van der Waals surface area contributed by atoms with Gasteiger partial charge in [-0.3, -0.25) is 14.6 Å². The Balaban J connectivity index is 0.00000277. The van der Waals surface area contributed by atoms with Crippen LogP contribution in [0.3, 0.4) is 0 Å². The van der Waals surface area contributed by atoms with Gasteiger partial charge in [0.1, 0.15) is 6.33 Å². The molecular formula is C33H22IrN5-. The molecule has 39 heavy (non-hydrogen) atoms. The van der Waals surface area contributed by atoms with E-state index in [0.29, 0.717) is 5.82 Å². The Kier molecular flexibility index (Phi) is 6.72. The number of fused-ring (bicyclic) bond motifs is 1. The van der Waals surface area contributed by atoms with Gasteiger partial charge in [0.2, 0.25) is 0 Å². The Morgan fingerprint density at radius 1 is 0.641 bits per heavy atom. The molecule has 5 nitrogen and oxygen atoms in total. The van der Waals surface area contributed by atoms with E-state index in [9.17, 15) is 0 Å². The van der Waals surface area contributed by atoms with Crippen LogP contribution in [0.2, 0.25) is 0 Å². The largest absolute Gasteiger partial charge is 0.318 e. The quantitative estimate of drug-likeness (QED) is 0.178. The van der Waals surface area contributed by atoms with Gasteiger partial charge in [-0.15, -0.1) is 23.8 Å². The molecule has 2 aromatic heterocycles. The second kappa shape index (κ2) is 10.6. The number of aromatic nitrogens is 5. The van der Waals surface area contributed by atoms with Crippen molar-refractivity contribution in [1.82, 2.24) is 24.3 Å². The van der Waals surface area contributed by atoms with Gasteiger partial charge in [-0.05, 0) is 28.8 Å². The molecule has 0 atom stereocenters. The molecule has 5 aromatic carbocycles. The van der Waals surface area contributed by atoms with Crippen LogP contribution in [0, 0.1) is 6.07 Å². The maximum atomic E-state index is 4.75. The number of hydrogen-bond acceptors (Lipinski definition) is 3. The Labute approximate surface area is 239 Å². The van der Waals surface area contributed by atoms with Crippen molar-refractivity contribution in [2.45, 2.75) is 0 Å². The summed E-state index contributed by atoms with van der Waals surface area (Å²) in [6, 6.07) is 44.8. The Hall–Kier alpha value is -4.64. The molecular weight excluding hydrogens is 659 g/mol. The summed E-state index contributed by atoms with van der Waals surface area (Å²) in [5, 5.41) is 4.75. The molecule has 1 radical (unpaired) electrons. The number of benzene rings is 5. The van der Waals surface area contributed by atoms with Crippen LogP contribution in [-0.4, -0.2) is 24.3 Å². The molecule has 7 rings (SSSR count). The first-order valence-corrected chi connectivity index (χ1v) is 12.5. The molecule has 0 unspecified atom stereocenters. The number of nitrogens with zero attached hydrogens (tertiary/aromatic N) is 5. The maximum absolute atomic E-state index is 4.75. The summed E-state index contributed by atoms with van der Waals surface area (Å²) in [5.74, 6) is 0.716. The predicted molar refractivity (Wildman–Crippen MR) is 151 cm³/mol. The number of imidazole rings is 1. The number of rotatable bonds is 5. The number of hydrogen-bond donors (Lipinski definition) is 0. The molecule has 2 heterocycles. The van der Waals surface area contributed by atoms with Gasteiger partial charge in [0.05, 0.1) is 17.8 Å². The Morgan fingerprint density at radius 3 is 1.90 bits per heavy atom. The van der Waals surface area contributed by atoms with Crippen LogP contribution in [0.15, 0.2) is 134 Å². The summed E-state index contributed by atoms with van der Waals surface area (Å²) in [7, 11) is 0. The molecule has 0 N–H and O–H groups in total. The van der Waals surface area contributed by atoms with Crippen molar-refractivity contribution < 1.29 is 20.1 Å². The first-order chi connectivity index (χ1) is 18.9. The zero-order chi connectivity index (χ0) is 25.3. The van der Waals surface area contributed by atoms with E-state index >= 15 is 0 Å². The van der Waals surface area contributed by atoms with E-state index < -0.39 is 0 Å². The monoisotopic (exact) mass is 681 g/mol. The molecule has 0 amide bonds. The van der Waals surface area contributed by atoms with Gasteiger partial charge in [0.25, 0.3) is 0 Å². The van der Waals surface area contributed by atoms with Crippen molar-refractivity contribution in [3.05, 3.63) is 140 Å². The third-order valence-corrected chi connectivity index (χ3v) is 6.72. The third-order valence-electron chi connectivity index (χ3n) is 6.72. The minimum absolute atomic E-state index is 0. The van der Waals surface area contributed by atoms with Crippen LogP contribution in [0.1, 0.15) is 0 Å². The summed E-state index contributed by atoms with van der Waals surface area (Å²) in [4.78, 5) is 9.31. The van der Waals surface area contributed by atoms with Crippen LogP contribution in [-0.2, 0) is 20.1 Å². The second-order valence-electron chi connectivity index (χ2n) is 9.00. The van der Waals surface area contributed by atoms with Crippen molar-refractivity contribution in [3.63, 3.8) is 0 Å². The van der Waals surface area contributed by atoms with E-state index in [-0.39, 0.29) is 20.1 Å². The smallest absolute Gasteiger partial charge is 0.127 e. The summed E-state index contributed by atoms with van der Waals surface area (Å²) < 4.78 is 4.02. The maximum Gasteiger partial charge on any atom is 0.127 e. The van der Waals surface area contributed by atoms with Gasteiger partial charge >= 0.3 is 0 Å². The minimum Gasteiger partial charge on any atom is -0.318 e. The van der Waals surface area contributed by atoms with Crippen molar-refractivity contribution in [2.75, 3.05) is 0 Å². The Bertz CT molecular complexity index is 1800. The molecule has 6 heteroatoms. The molecule has 0 saturated heterocycles. The zero-order valence-electron chi connectivity index (χ0n) is 20.8. The van der Waals surface area contributed by atoms with Gasteiger partial charge in [-0.2, -0.15) is 5.10 Å². The molecule has 0 spiro atoms. The normalized spacial score (nSPS) is 10.9. The average Bonchev–Trinajstić information content (AvgIpc) is 3.65. The molecule has 0 aliphatic carbocycles.